The molecule has 2 aromatic carbocycles. The Labute approximate surface area is 185 Å². The highest BCUT2D eigenvalue weighted by atomic mass is 35.5. The quantitative estimate of drug-likeness (QED) is 0.397. The normalized spacial score (nSPS) is 10.6. The Morgan fingerprint density at radius 1 is 1.20 bits per heavy atom. The molecule has 1 heterocycles. The molecule has 6 nitrogen and oxygen atoms in total. The van der Waals surface area contributed by atoms with Crippen LogP contribution in [0.5, 0.6) is 0 Å². The summed E-state index contributed by atoms with van der Waals surface area (Å²) < 4.78 is 17.4. The lowest BCUT2D eigenvalue weighted by Crippen LogP contribution is -2.28. The molecule has 0 bridgehead atoms. The van der Waals surface area contributed by atoms with Crippen LogP contribution in [0.1, 0.15) is 27.0 Å². The van der Waals surface area contributed by atoms with E-state index in [2.05, 4.69) is 15.0 Å². The average molecular weight is 466 g/mol. The van der Waals surface area contributed by atoms with E-state index < -0.39 is 17.8 Å². The van der Waals surface area contributed by atoms with E-state index in [1.54, 1.807) is 0 Å². The SMILES string of the molecule is Cc1ccc(CSc2nsc(NC(=O)NCc3ccc(F)c(Cl)c3)c2C(=O)O)cc1. The van der Waals surface area contributed by atoms with Crippen LogP contribution in [0.15, 0.2) is 47.5 Å². The van der Waals surface area contributed by atoms with Crippen molar-refractivity contribution in [2.45, 2.75) is 24.2 Å². The minimum atomic E-state index is -1.17. The highest BCUT2D eigenvalue weighted by Gasteiger charge is 2.22. The van der Waals surface area contributed by atoms with Crippen molar-refractivity contribution in [1.82, 2.24) is 9.69 Å². The maximum atomic E-state index is 13.2. The molecule has 0 atom stereocenters. The Hall–Kier alpha value is -2.62. The smallest absolute Gasteiger partial charge is 0.341 e. The van der Waals surface area contributed by atoms with E-state index in [-0.39, 0.29) is 22.1 Å². The first-order valence-electron chi connectivity index (χ1n) is 8.73. The summed E-state index contributed by atoms with van der Waals surface area (Å²) in [7, 11) is 0. The number of rotatable bonds is 7. The summed E-state index contributed by atoms with van der Waals surface area (Å²) in [5.41, 5.74) is 2.75. The lowest BCUT2D eigenvalue weighted by Gasteiger charge is -2.08. The van der Waals surface area contributed by atoms with E-state index >= 15 is 0 Å². The second kappa shape index (κ2) is 9.92. The summed E-state index contributed by atoms with van der Waals surface area (Å²) in [4.78, 5) is 23.9. The van der Waals surface area contributed by atoms with Crippen molar-refractivity contribution in [3.05, 3.63) is 75.6 Å². The number of nitrogens with zero attached hydrogens (tertiary/aromatic N) is 1. The molecule has 3 rings (SSSR count). The molecule has 0 saturated heterocycles. The standard InChI is InChI=1S/C20H17ClFN3O3S2/c1-11-2-4-12(5-3-11)10-29-18-16(19(26)27)17(30-25-18)24-20(28)23-9-13-6-7-15(22)14(21)8-13/h2-8H,9-10H2,1H3,(H,26,27)(H2,23,24,28). The molecule has 0 radical (unpaired) electrons. The fourth-order valence-corrected chi connectivity index (χ4v) is 4.56. The molecule has 0 saturated carbocycles. The minimum Gasteiger partial charge on any atom is -0.477 e. The van der Waals surface area contributed by atoms with Crippen LogP contribution in [0.3, 0.4) is 0 Å². The summed E-state index contributed by atoms with van der Waals surface area (Å²) in [6.07, 6.45) is 0. The summed E-state index contributed by atoms with van der Waals surface area (Å²) in [5, 5.41) is 15.1. The van der Waals surface area contributed by atoms with Gasteiger partial charge in [-0.1, -0.05) is 59.3 Å². The Morgan fingerprint density at radius 3 is 2.57 bits per heavy atom. The first kappa shape index (κ1) is 22.1. The highest BCUT2D eigenvalue weighted by Crippen LogP contribution is 2.33. The molecular weight excluding hydrogens is 449 g/mol. The Kier molecular flexibility index (Phi) is 7.30. The topological polar surface area (TPSA) is 91.3 Å². The molecule has 3 aromatic rings. The number of carboxylic acids is 1. The van der Waals surface area contributed by atoms with Gasteiger partial charge in [0.25, 0.3) is 0 Å². The van der Waals surface area contributed by atoms with Gasteiger partial charge in [-0.25, -0.2) is 14.0 Å². The maximum absolute atomic E-state index is 13.2. The molecule has 0 spiro atoms. The number of carbonyl (C=O) groups excluding carboxylic acids is 1. The van der Waals surface area contributed by atoms with Gasteiger partial charge in [0.05, 0.1) is 5.02 Å². The number of nitrogens with one attached hydrogen (secondary N) is 2. The second-order valence-corrected chi connectivity index (χ2v) is 8.47. The third-order valence-corrected chi connectivity index (χ3v) is 6.25. The number of carbonyl (C=O) groups is 2. The van der Waals surface area contributed by atoms with Gasteiger partial charge in [0, 0.05) is 12.3 Å². The van der Waals surface area contributed by atoms with Crippen molar-refractivity contribution >= 4 is 51.9 Å². The molecule has 3 N–H and O–H groups in total. The van der Waals surface area contributed by atoms with E-state index in [4.69, 9.17) is 11.6 Å². The van der Waals surface area contributed by atoms with Crippen molar-refractivity contribution in [3.8, 4) is 0 Å². The summed E-state index contributed by atoms with van der Waals surface area (Å²) in [6.45, 7) is 2.09. The first-order chi connectivity index (χ1) is 14.3. The third kappa shape index (κ3) is 5.71. The van der Waals surface area contributed by atoms with Crippen LogP contribution in [0.25, 0.3) is 0 Å². The van der Waals surface area contributed by atoms with Gasteiger partial charge in [-0.2, -0.15) is 4.37 Å². The fraction of sp³-hybridized carbons (Fsp3) is 0.150. The molecule has 0 unspecified atom stereocenters. The zero-order chi connectivity index (χ0) is 21.7. The van der Waals surface area contributed by atoms with Crippen LogP contribution in [0.4, 0.5) is 14.2 Å². The van der Waals surface area contributed by atoms with Crippen molar-refractivity contribution in [3.63, 3.8) is 0 Å². The van der Waals surface area contributed by atoms with Gasteiger partial charge in [0.15, 0.2) is 0 Å². The predicted molar refractivity (Wildman–Crippen MR) is 117 cm³/mol. The van der Waals surface area contributed by atoms with E-state index in [1.807, 2.05) is 31.2 Å². The van der Waals surface area contributed by atoms with Gasteiger partial charge >= 0.3 is 12.0 Å². The summed E-state index contributed by atoms with van der Waals surface area (Å²) in [6, 6.07) is 11.4. The van der Waals surface area contributed by atoms with Crippen LogP contribution in [-0.2, 0) is 12.3 Å². The number of urea groups is 1. The van der Waals surface area contributed by atoms with Crippen molar-refractivity contribution in [1.29, 1.82) is 0 Å². The first-order valence-corrected chi connectivity index (χ1v) is 10.9. The number of halogens is 2. The van der Waals surface area contributed by atoms with Crippen LogP contribution in [0, 0.1) is 12.7 Å². The number of benzene rings is 2. The number of amides is 2. The molecule has 156 valence electrons. The number of carboxylic acid groups (broad SMARTS) is 1. The molecule has 0 aliphatic heterocycles. The van der Waals surface area contributed by atoms with Crippen LogP contribution < -0.4 is 10.6 Å². The third-order valence-electron chi connectivity index (χ3n) is 4.03. The van der Waals surface area contributed by atoms with Gasteiger partial charge < -0.3 is 10.4 Å². The van der Waals surface area contributed by atoms with E-state index in [1.165, 1.54) is 30.0 Å². The molecule has 10 heteroatoms. The number of hydrogen-bond acceptors (Lipinski definition) is 5. The monoisotopic (exact) mass is 465 g/mol. The Morgan fingerprint density at radius 2 is 1.90 bits per heavy atom. The zero-order valence-electron chi connectivity index (χ0n) is 15.7. The molecule has 30 heavy (non-hydrogen) atoms. The van der Waals surface area contributed by atoms with Crippen LogP contribution >= 0.6 is 34.9 Å². The zero-order valence-corrected chi connectivity index (χ0v) is 18.1. The average Bonchev–Trinajstić information content (AvgIpc) is 3.11. The minimum absolute atomic E-state index is 0.0411. The number of aromatic carboxylic acids is 1. The highest BCUT2D eigenvalue weighted by molar-refractivity contribution is 7.98. The second-order valence-electron chi connectivity index (χ2n) is 6.33. The van der Waals surface area contributed by atoms with Crippen molar-refractivity contribution < 1.29 is 19.1 Å². The number of aryl methyl sites for hydroxylation is 1. The molecule has 0 aliphatic carbocycles. The summed E-state index contributed by atoms with van der Waals surface area (Å²) >= 11 is 7.92. The maximum Gasteiger partial charge on any atom is 0.341 e. The predicted octanol–water partition coefficient (Wildman–Crippen LogP) is 5.56. The van der Waals surface area contributed by atoms with Crippen molar-refractivity contribution in [2.75, 3.05) is 5.32 Å². The summed E-state index contributed by atoms with van der Waals surface area (Å²) in [5.74, 6) is -1.16. The van der Waals surface area contributed by atoms with Crippen LogP contribution in [0.2, 0.25) is 5.02 Å². The lowest BCUT2D eigenvalue weighted by atomic mass is 10.2. The number of aromatic nitrogens is 1. The molecular formula is C20H17ClFN3O3S2. The fourth-order valence-electron chi connectivity index (χ4n) is 2.46. The van der Waals surface area contributed by atoms with Gasteiger partial charge in [-0.15, -0.1) is 0 Å². The van der Waals surface area contributed by atoms with Crippen LogP contribution in [-0.4, -0.2) is 21.5 Å². The molecule has 1 aromatic heterocycles. The van der Waals surface area contributed by atoms with E-state index in [0.717, 1.165) is 22.7 Å². The van der Waals surface area contributed by atoms with Gasteiger partial charge in [0.1, 0.15) is 21.4 Å². The number of thioether (sulfide) groups is 1. The lowest BCUT2D eigenvalue weighted by molar-refractivity contribution is 0.0694. The molecule has 0 fully saturated rings. The molecule has 0 aliphatic rings. The van der Waals surface area contributed by atoms with Gasteiger partial charge in [0.2, 0.25) is 0 Å². The number of hydrogen-bond donors (Lipinski definition) is 3. The number of anilines is 1. The molecule has 2 amide bonds. The van der Waals surface area contributed by atoms with E-state index in [9.17, 15) is 19.1 Å². The van der Waals surface area contributed by atoms with Gasteiger partial charge in [-0.05, 0) is 41.7 Å². The largest absolute Gasteiger partial charge is 0.477 e. The van der Waals surface area contributed by atoms with Gasteiger partial charge in [-0.3, -0.25) is 5.32 Å². The Balaban J connectivity index is 1.63. The van der Waals surface area contributed by atoms with Crippen molar-refractivity contribution in [2.24, 2.45) is 0 Å². The van der Waals surface area contributed by atoms with E-state index in [0.29, 0.717) is 16.3 Å². The Bertz CT molecular complexity index is 1070.